The van der Waals surface area contributed by atoms with Gasteiger partial charge < -0.3 is 9.52 Å². The number of fused-ring (bicyclic) bond motifs is 1. The van der Waals surface area contributed by atoms with Gasteiger partial charge in [0.1, 0.15) is 11.3 Å². The van der Waals surface area contributed by atoms with Gasteiger partial charge in [0.2, 0.25) is 5.16 Å². The molecular weight excluding hydrogens is 456 g/mol. The molecule has 0 saturated heterocycles. The summed E-state index contributed by atoms with van der Waals surface area (Å²) in [6.45, 7) is 3.52. The second-order valence-corrected chi connectivity index (χ2v) is 8.69. The lowest BCUT2D eigenvalue weighted by atomic mass is 10.1. The van der Waals surface area contributed by atoms with Gasteiger partial charge in [-0.05, 0) is 54.1 Å². The number of thioether (sulfide) groups is 1. The number of tetrazole rings is 1. The first-order chi connectivity index (χ1) is 16.4. The zero-order chi connectivity index (χ0) is 24.0. The second-order valence-electron chi connectivity index (χ2n) is 7.75. The van der Waals surface area contributed by atoms with Gasteiger partial charge in [-0.1, -0.05) is 30.0 Å². The topological polar surface area (TPSA) is 121 Å². The van der Waals surface area contributed by atoms with Crippen molar-refractivity contribution in [3.63, 3.8) is 0 Å². The quantitative estimate of drug-likeness (QED) is 0.304. The van der Waals surface area contributed by atoms with Gasteiger partial charge >= 0.3 is 5.63 Å². The summed E-state index contributed by atoms with van der Waals surface area (Å²) in [7, 11) is 1.80. The highest BCUT2D eigenvalue weighted by Gasteiger charge is 2.22. The van der Waals surface area contributed by atoms with Gasteiger partial charge in [0.25, 0.3) is 5.56 Å². The van der Waals surface area contributed by atoms with Gasteiger partial charge in [-0.15, -0.1) is 5.10 Å². The van der Waals surface area contributed by atoms with Gasteiger partial charge in [0.15, 0.2) is 5.69 Å². The van der Waals surface area contributed by atoms with E-state index in [0.29, 0.717) is 44.4 Å². The van der Waals surface area contributed by atoms with Crippen LogP contribution in [0.3, 0.4) is 0 Å². The number of hydrogen-bond donors (Lipinski definition) is 1. The Morgan fingerprint density at radius 1 is 1.09 bits per heavy atom. The minimum Gasteiger partial charge on any atom is -0.508 e. The summed E-state index contributed by atoms with van der Waals surface area (Å²) < 4.78 is 10.1. The third-order valence-electron chi connectivity index (χ3n) is 5.75. The number of hydrogen-bond acceptors (Lipinski definition) is 8. The molecule has 0 bridgehead atoms. The lowest BCUT2D eigenvalue weighted by Gasteiger charge is -2.08. The molecule has 0 fully saturated rings. The van der Waals surface area contributed by atoms with E-state index in [1.165, 1.54) is 22.5 Å². The van der Waals surface area contributed by atoms with Crippen LogP contribution < -0.4 is 11.2 Å². The van der Waals surface area contributed by atoms with Crippen LogP contribution in [0.5, 0.6) is 5.75 Å². The van der Waals surface area contributed by atoms with Crippen molar-refractivity contribution >= 4 is 22.7 Å². The lowest BCUT2D eigenvalue weighted by Crippen LogP contribution is -2.22. The summed E-state index contributed by atoms with van der Waals surface area (Å²) in [4.78, 5) is 25.5. The van der Waals surface area contributed by atoms with E-state index in [-0.39, 0.29) is 11.3 Å². The summed E-state index contributed by atoms with van der Waals surface area (Å²) >= 11 is 1.29. The summed E-state index contributed by atoms with van der Waals surface area (Å²) in [5, 5.41) is 23.0. The van der Waals surface area contributed by atoms with Crippen LogP contribution in [0.4, 0.5) is 0 Å². The average molecular weight is 477 g/mol. The number of phenolic OH excluding ortho intramolecular Hbond substituents is 1. The van der Waals surface area contributed by atoms with E-state index < -0.39 is 5.63 Å². The highest BCUT2D eigenvalue weighted by Crippen LogP contribution is 2.31. The Morgan fingerprint density at radius 3 is 2.62 bits per heavy atom. The molecule has 0 unspecified atom stereocenters. The number of benzene rings is 2. The third kappa shape index (κ3) is 3.50. The molecule has 3 aromatic heterocycles. The van der Waals surface area contributed by atoms with Crippen LogP contribution in [0, 0.1) is 13.8 Å². The Kier molecular flexibility index (Phi) is 5.33. The van der Waals surface area contributed by atoms with Gasteiger partial charge in [-0.2, -0.15) is 4.68 Å². The minimum absolute atomic E-state index is 0.0543. The normalized spacial score (nSPS) is 11.4. The summed E-state index contributed by atoms with van der Waals surface area (Å²) in [6, 6.07) is 14.0. The Bertz CT molecular complexity index is 1650. The maximum absolute atomic E-state index is 13.4. The van der Waals surface area contributed by atoms with Crippen molar-refractivity contribution in [2.45, 2.75) is 24.8 Å². The Hall–Kier alpha value is -4.12. The first-order valence-electron chi connectivity index (χ1n) is 10.4. The summed E-state index contributed by atoms with van der Waals surface area (Å²) in [5.74, 6) is 0.407. The van der Waals surface area contributed by atoms with Gasteiger partial charge in [0, 0.05) is 29.8 Å². The number of aromatic hydroxyl groups is 1. The molecule has 34 heavy (non-hydrogen) atoms. The van der Waals surface area contributed by atoms with E-state index in [9.17, 15) is 14.7 Å². The van der Waals surface area contributed by atoms with Crippen LogP contribution in [-0.4, -0.2) is 34.7 Å². The van der Waals surface area contributed by atoms with Crippen molar-refractivity contribution in [3.05, 3.63) is 86.1 Å². The monoisotopic (exact) mass is 476 g/mol. The van der Waals surface area contributed by atoms with E-state index in [4.69, 9.17) is 4.42 Å². The highest BCUT2D eigenvalue weighted by molar-refractivity contribution is 7.98. The predicted molar refractivity (Wildman–Crippen MR) is 127 cm³/mol. The van der Waals surface area contributed by atoms with Crippen molar-refractivity contribution in [1.82, 2.24) is 29.6 Å². The number of para-hydroxylation sites is 1. The highest BCUT2D eigenvalue weighted by atomic mass is 32.2. The molecular formula is C23H20N6O4S. The molecule has 10 nitrogen and oxygen atoms in total. The Morgan fingerprint density at radius 2 is 1.85 bits per heavy atom. The third-order valence-corrected chi connectivity index (χ3v) is 6.72. The van der Waals surface area contributed by atoms with Crippen molar-refractivity contribution in [2.75, 3.05) is 0 Å². The van der Waals surface area contributed by atoms with E-state index in [1.54, 1.807) is 35.5 Å². The zero-order valence-electron chi connectivity index (χ0n) is 18.6. The van der Waals surface area contributed by atoms with Crippen molar-refractivity contribution in [2.24, 2.45) is 7.05 Å². The zero-order valence-corrected chi connectivity index (χ0v) is 19.4. The Labute approximate surface area is 197 Å². The van der Waals surface area contributed by atoms with Crippen molar-refractivity contribution < 1.29 is 9.52 Å². The SMILES string of the molecule is Cc1c(O)ccc2c(CSc3nnnn3-c3c(C)n(C)n(-c4ccccc4)c3=O)cc(=O)oc12. The summed E-state index contributed by atoms with van der Waals surface area (Å²) in [5.41, 5.74) is 2.54. The largest absolute Gasteiger partial charge is 0.508 e. The molecule has 0 aliphatic heterocycles. The molecule has 5 rings (SSSR count). The van der Waals surface area contributed by atoms with E-state index in [1.807, 2.05) is 37.3 Å². The fourth-order valence-corrected chi connectivity index (χ4v) is 4.75. The average Bonchev–Trinajstić information content (AvgIpc) is 3.37. The molecule has 3 heterocycles. The molecule has 172 valence electrons. The molecule has 11 heteroatoms. The van der Waals surface area contributed by atoms with Gasteiger partial charge in [-0.25, -0.2) is 9.48 Å². The molecule has 2 aromatic carbocycles. The van der Waals surface area contributed by atoms with E-state index >= 15 is 0 Å². The molecule has 5 aromatic rings. The van der Waals surface area contributed by atoms with Gasteiger partial charge in [0.05, 0.1) is 11.4 Å². The van der Waals surface area contributed by atoms with Crippen LogP contribution >= 0.6 is 11.8 Å². The van der Waals surface area contributed by atoms with Crippen LogP contribution in [0.2, 0.25) is 0 Å². The molecule has 1 N–H and O–H groups in total. The van der Waals surface area contributed by atoms with Crippen LogP contribution in [0.25, 0.3) is 22.3 Å². The predicted octanol–water partition coefficient (Wildman–Crippen LogP) is 2.87. The first kappa shape index (κ1) is 21.7. The standard InChI is InChI=1S/C23H20N6O4S/c1-13-18(30)10-9-17-15(11-19(31)33-21(13)17)12-34-23-24-25-26-28(23)20-14(2)27(3)29(22(20)32)16-7-5-4-6-8-16/h4-11,30H,12H2,1-3H3. The van der Waals surface area contributed by atoms with Crippen LogP contribution in [0.1, 0.15) is 16.8 Å². The smallest absolute Gasteiger partial charge is 0.336 e. The van der Waals surface area contributed by atoms with Crippen molar-refractivity contribution in [3.8, 4) is 17.1 Å². The lowest BCUT2D eigenvalue weighted by molar-refractivity contribution is 0.468. The molecule has 0 radical (unpaired) electrons. The van der Waals surface area contributed by atoms with Crippen LogP contribution in [0.15, 0.2) is 67.7 Å². The fraction of sp³-hybridized carbons (Fsp3) is 0.174. The molecule has 0 aliphatic rings. The van der Waals surface area contributed by atoms with E-state index in [2.05, 4.69) is 15.5 Å². The van der Waals surface area contributed by atoms with Crippen molar-refractivity contribution in [1.29, 1.82) is 0 Å². The summed E-state index contributed by atoms with van der Waals surface area (Å²) in [6.07, 6.45) is 0. The molecule has 0 saturated carbocycles. The molecule has 0 aliphatic carbocycles. The number of nitrogens with zero attached hydrogens (tertiary/aromatic N) is 6. The maximum atomic E-state index is 13.4. The minimum atomic E-state index is -0.513. The number of rotatable bonds is 5. The molecule has 0 spiro atoms. The number of aromatic nitrogens is 6. The fourth-order valence-electron chi connectivity index (χ4n) is 3.88. The van der Waals surface area contributed by atoms with E-state index in [0.717, 1.165) is 5.69 Å². The van der Waals surface area contributed by atoms with Gasteiger partial charge in [-0.3, -0.25) is 9.48 Å². The Balaban J connectivity index is 1.54. The molecule has 0 atom stereocenters. The number of aryl methyl sites for hydroxylation is 1. The maximum Gasteiger partial charge on any atom is 0.336 e. The van der Waals surface area contributed by atoms with Crippen LogP contribution in [-0.2, 0) is 12.8 Å². The first-order valence-corrected chi connectivity index (χ1v) is 11.4. The number of phenols is 1. The second kappa shape index (κ2) is 8.34. The molecule has 0 amide bonds.